The summed E-state index contributed by atoms with van der Waals surface area (Å²) < 4.78 is 38.0. The lowest BCUT2D eigenvalue weighted by atomic mass is 9.75. The van der Waals surface area contributed by atoms with Crippen molar-refractivity contribution >= 4 is 21.7 Å². The van der Waals surface area contributed by atoms with Crippen molar-refractivity contribution in [1.29, 1.82) is 0 Å². The van der Waals surface area contributed by atoms with Crippen LogP contribution in [0.4, 0.5) is 8.78 Å². The lowest BCUT2D eigenvalue weighted by Crippen LogP contribution is -2.24. The van der Waals surface area contributed by atoms with Gasteiger partial charge in [0, 0.05) is 21.7 Å². The summed E-state index contributed by atoms with van der Waals surface area (Å²) in [5.74, 6) is -2.84. The number of pyridine rings is 1. The van der Waals surface area contributed by atoms with Gasteiger partial charge in [-0.1, -0.05) is 68.4 Å². The maximum atomic E-state index is 16.3. The molecule has 0 bridgehead atoms. The molecule has 0 N–H and O–H groups in total. The number of rotatable bonds is 4. The Bertz CT molecular complexity index is 1620. The van der Waals surface area contributed by atoms with Gasteiger partial charge in [0.1, 0.15) is 11.4 Å². The average Bonchev–Trinajstić information content (AvgIpc) is 2.90. The number of aromatic nitrogens is 1. The molecule has 5 aromatic rings. The Labute approximate surface area is 203 Å². The van der Waals surface area contributed by atoms with E-state index in [4.69, 9.17) is 4.74 Å². The molecule has 6 rings (SSSR count). The predicted octanol–water partition coefficient (Wildman–Crippen LogP) is 8.31. The minimum atomic E-state index is -3.26. The molecular formula is C31H25F2NO. The zero-order valence-corrected chi connectivity index (χ0v) is 20.0. The van der Waals surface area contributed by atoms with Gasteiger partial charge in [0.2, 0.25) is 0 Å². The minimum absolute atomic E-state index is 0.0438. The van der Waals surface area contributed by atoms with Crippen molar-refractivity contribution in [3.05, 3.63) is 95.2 Å². The molecule has 2 nitrogen and oxygen atoms in total. The van der Waals surface area contributed by atoms with Gasteiger partial charge >= 0.3 is 5.92 Å². The maximum Gasteiger partial charge on any atom is 0.316 e. The van der Waals surface area contributed by atoms with Crippen molar-refractivity contribution in [2.45, 2.75) is 32.6 Å². The SMILES string of the molecule is CCc1c(CC)c(-c2ccccc2)c2c3c(nc4ccccc42)C(F)(F)c2cc(OC)ccc2-c13. The normalized spacial score (nSPS) is 13.7. The summed E-state index contributed by atoms with van der Waals surface area (Å²) in [7, 11) is 1.50. The van der Waals surface area contributed by atoms with E-state index in [0.29, 0.717) is 22.2 Å². The first kappa shape index (κ1) is 21.7. The van der Waals surface area contributed by atoms with Gasteiger partial charge in [-0.25, -0.2) is 4.98 Å². The molecule has 0 unspecified atom stereocenters. The van der Waals surface area contributed by atoms with Crippen LogP contribution in [0.3, 0.4) is 0 Å². The van der Waals surface area contributed by atoms with Crippen molar-refractivity contribution in [1.82, 2.24) is 4.98 Å². The fourth-order valence-corrected chi connectivity index (χ4v) is 5.80. The highest BCUT2D eigenvalue weighted by molar-refractivity contribution is 6.21. The summed E-state index contributed by atoms with van der Waals surface area (Å²) in [5, 5.41) is 2.33. The number of hydrogen-bond acceptors (Lipinski definition) is 2. The Balaban J connectivity index is 1.95. The second kappa shape index (κ2) is 7.88. The molecule has 1 heterocycles. The van der Waals surface area contributed by atoms with Crippen LogP contribution >= 0.6 is 0 Å². The number of nitrogens with zero attached hydrogens (tertiary/aromatic N) is 1. The van der Waals surface area contributed by atoms with Gasteiger partial charge in [-0.15, -0.1) is 0 Å². The molecule has 1 aliphatic carbocycles. The number of hydrogen-bond donors (Lipinski definition) is 0. The van der Waals surface area contributed by atoms with E-state index in [-0.39, 0.29) is 11.3 Å². The summed E-state index contributed by atoms with van der Waals surface area (Å²) in [6.45, 7) is 4.26. The van der Waals surface area contributed by atoms with Crippen LogP contribution in [0.1, 0.15) is 36.2 Å². The van der Waals surface area contributed by atoms with Crippen LogP contribution in [0, 0.1) is 0 Å². The van der Waals surface area contributed by atoms with Gasteiger partial charge in [0.15, 0.2) is 0 Å². The molecule has 1 aliphatic rings. The highest BCUT2D eigenvalue weighted by Gasteiger charge is 2.45. The largest absolute Gasteiger partial charge is 0.497 e. The number of benzene rings is 4. The molecule has 0 atom stereocenters. The second-order valence-corrected chi connectivity index (χ2v) is 8.99. The quantitative estimate of drug-likeness (QED) is 0.249. The van der Waals surface area contributed by atoms with E-state index in [1.54, 1.807) is 12.1 Å². The van der Waals surface area contributed by atoms with Crippen LogP contribution in [0.15, 0.2) is 72.8 Å². The number of para-hydroxylation sites is 1. The van der Waals surface area contributed by atoms with E-state index in [1.807, 2.05) is 42.5 Å². The van der Waals surface area contributed by atoms with E-state index >= 15 is 8.78 Å². The standard InChI is InChI=1S/C31H25F2NO/c1-4-20-21(5-2)27-22-16-15-19(35-3)17-24(22)31(32,33)30-29(27)28(23-13-9-10-14-25(23)34-30)26(20)18-11-7-6-8-12-18/h6-17H,4-5H2,1-3H3. The molecular weight excluding hydrogens is 440 g/mol. The smallest absolute Gasteiger partial charge is 0.316 e. The maximum absolute atomic E-state index is 16.3. The number of alkyl halides is 2. The Hall–Kier alpha value is -3.79. The topological polar surface area (TPSA) is 22.1 Å². The highest BCUT2D eigenvalue weighted by atomic mass is 19.3. The lowest BCUT2D eigenvalue weighted by molar-refractivity contribution is 0.0397. The Morgan fingerprint density at radius 3 is 2.20 bits per heavy atom. The summed E-state index contributed by atoms with van der Waals surface area (Å²) >= 11 is 0. The summed E-state index contributed by atoms with van der Waals surface area (Å²) in [5.41, 5.74) is 6.21. The third-order valence-electron chi connectivity index (χ3n) is 7.26. The van der Waals surface area contributed by atoms with E-state index in [9.17, 15) is 0 Å². The van der Waals surface area contributed by atoms with Gasteiger partial charge in [-0.05, 0) is 64.4 Å². The minimum Gasteiger partial charge on any atom is -0.497 e. The molecule has 0 radical (unpaired) electrons. The van der Waals surface area contributed by atoms with Crippen LogP contribution in [0.2, 0.25) is 0 Å². The van der Waals surface area contributed by atoms with Crippen LogP contribution in [-0.2, 0) is 18.8 Å². The van der Waals surface area contributed by atoms with Crippen LogP contribution in [-0.4, -0.2) is 12.1 Å². The summed E-state index contributed by atoms with van der Waals surface area (Å²) in [4.78, 5) is 4.62. The summed E-state index contributed by atoms with van der Waals surface area (Å²) in [6.07, 6.45) is 1.53. The molecule has 0 saturated carbocycles. The van der Waals surface area contributed by atoms with Crippen LogP contribution < -0.4 is 4.74 Å². The fraction of sp³-hybridized carbons (Fsp3) is 0.194. The average molecular weight is 466 g/mol. The van der Waals surface area contributed by atoms with Crippen molar-refractivity contribution in [3.8, 4) is 28.0 Å². The third kappa shape index (κ3) is 2.95. The van der Waals surface area contributed by atoms with Crippen molar-refractivity contribution < 1.29 is 13.5 Å². The van der Waals surface area contributed by atoms with Gasteiger partial charge in [0.25, 0.3) is 0 Å². The van der Waals surface area contributed by atoms with E-state index in [1.165, 1.54) is 18.7 Å². The molecule has 35 heavy (non-hydrogen) atoms. The molecule has 1 aromatic heterocycles. The molecule has 4 aromatic carbocycles. The Kier molecular flexibility index (Phi) is 4.89. The molecule has 0 spiro atoms. The molecule has 174 valence electrons. The van der Waals surface area contributed by atoms with Crippen LogP contribution in [0.25, 0.3) is 43.9 Å². The molecule has 0 aliphatic heterocycles. The number of halogens is 2. The number of ether oxygens (including phenoxy) is 1. The van der Waals surface area contributed by atoms with E-state index in [0.717, 1.165) is 45.9 Å². The van der Waals surface area contributed by atoms with Crippen molar-refractivity contribution in [2.24, 2.45) is 0 Å². The fourth-order valence-electron chi connectivity index (χ4n) is 5.80. The predicted molar refractivity (Wildman–Crippen MR) is 138 cm³/mol. The van der Waals surface area contributed by atoms with Crippen molar-refractivity contribution in [2.75, 3.05) is 7.11 Å². The monoisotopic (exact) mass is 465 g/mol. The highest BCUT2D eigenvalue weighted by Crippen LogP contribution is 2.55. The van der Waals surface area contributed by atoms with E-state index < -0.39 is 5.92 Å². The Morgan fingerprint density at radius 2 is 1.49 bits per heavy atom. The number of fused-ring (bicyclic) bond motifs is 4. The van der Waals surface area contributed by atoms with E-state index in [2.05, 4.69) is 31.0 Å². The van der Waals surface area contributed by atoms with Gasteiger partial charge < -0.3 is 4.74 Å². The second-order valence-electron chi connectivity index (χ2n) is 8.99. The first-order valence-corrected chi connectivity index (χ1v) is 12.0. The molecule has 0 saturated heterocycles. The molecule has 0 fully saturated rings. The first-order valence-electron chi connectivity index (χ1n) is 12.0. The Morgan fingerprint density at radius 1 is 0.800 bits per heavy atom. The number of methoxy groups -OCH3 is 1. The van der Waals surface area contributed by atoms with Gasteiger partial charge in [-0.2, -0.15) is 8.78 Å². The first-order chi connectivity index (χ1) is 17.0. The van der Waals surface area contributed by atoms with Crippen molar-refractivity contribution in [3.63, 3.8) is 0 Å². The van der Waals surface area contributed by atoms with Crippen LogP contribution in [0.5, 0.6) is 5.75 Å². The zero-order valence-electron chi connectivity index (χ0n) is 20.0. The zero-order chi connectivity index (χ0) is 24.3. The third-order valence-corrected chi connectivity index (χ3v) is 7.26. The van der Waals surface area contributed by atoms with Gasteiger partial charge in [-0.3, -0.25) is 0 Å². The molecule has 0 amide bonds. The van der Waals surface area contributed by atoms with Gasteiger partial charge in [0.05, 0.1) is 12.6 Å². The molecule has 4 heteroatoms. The lowest BCUT2D eigenvalue weighted by Gasteiger charge is -2.32. The summed E-state index contributed by atoms with van der Waals surface area (Å²) in [6, 6.07) is 22.8.